The minimum Gasteiger partial charge on any atom is -0.381 e. The topological polar surface area (TPSA) is 59.0 Å². The number of nitrogens with zero attached hydrogens (tertiary/aromatic N) is 2. The van der Waals surface area contributed by atoms with Crippen LogP contribution in [0.3, 0.4) is 0 Å². The van der Waals surface area contributed by atoms with Crippen molar-refractivity contribution in [1.29, 1.82) is 0 Å². The molecule has 2 N–H and O–H groups in total. The van der Waals surface area contributed by atoms with E-state index >= 15 is 0 Å². The van der Waals surface area contributed by atoms with Crippen molar-refractivity contribution in [3.05, 3.63) is 41.7 Å². The molecule has 1 amide bonds. The number of aromatic nitrogens is 2. The molecule has 0 spiro atoms. The molecule has 0 bridgehead atoms. The number of amides is 1. The molecule has 0 aliphatic heterocycles. The molecule has 1 aliphatic carbocycles. The highest BCUT2D eigenvalue weighted by Crippen LogP contribution is 2.30. The monoisotopic (exact) mass is 284 g/mol. The molecule has 1 fully saturated rings. The predicted octanol–water partition coefficient (Wildman–Crippen LogP) is 2.69. The average molecular weight is 284 g/mol. The van der Waals surface area contributed by atoms with Crippen LogP contribution in [0.5, 0.6) is 0 Å². The Balaban J connectivity index is 1.62. The molecule has 2 aromatic rings. The summed E-state index contributed by atoms with van der Waals surface area (Å²) >= 11 is 0. The van der Waals surface area contributed by atoms with E-state index in [1.807, 2.05) is 49.1 Å². The fourth-order valence-corrected chi connectivity index (χ4v) is 2.32. The molecule has 1 heterocycles. The van der Waals surface area contributed by atoms with Crippen molar-refractivity contribution in [2.75, 3.05) is 10.6 Å². The van der Waals surface area contributed by atoms with E-state index in [-0.39, 0.29) is 11.8 Å². The van der Waals surface area contributed by atoms with E-state index in [1.165, 1.54) is 5.56 Å². The normalized spacial score (nSPS) is 14.0. The number of hydrogen-bond donors (Lipinski definition) is 2. The summed E-state index contributed by atoms with van der Waals surface area (Å²) in [5.41, 5.74) is 4.04. The van der Waals surface area contributed by atoms with Gasteiger partial charge in [-0.25, -0.2) is 0 Å². The summed E-state index contributed by atoms with van der Waals surface area (Å²) in [5, 5.41) is 10.7. The van der Waals surface area contributed by atoms with Gasteiger partial charge in [0, 0.05) is 42.6 Å². The van der Waals surface area contributed by atoms with Crippen molar-refractivity contribution in [2.24, 2.45) is 13.0 Å². The highest BCUT2D eigenvalue weighted by Gasteiger charge is 2.29. The fourth-order valence-electron chi connectivity index (χ4n) is 2.32. The maximum Gasteiger partial charge on any atom is 0.227 e. The Bertz CT molecular complexity index is 658. The van der Waals surface area contributed by atoms with Gasteiger partial charge in [0.1, 0.15) is 0 Å². The molecule has 1 aromatic heterocycles. The van der Waals surface area contributed by atoms with Crippen molar-refractivity contribution in [1.82, 2.24) is 9.78 Å². The first kappa shape index (κ1) is 13.7. The fraction of sp³-hybridized carbons (Fsp3) is 0.375. The van der Waals surface area contributed by atoms with E-state index in [0.29, 0.717) is 0 Å². The predicted molar refractivity (Wildman–Crippen MR) is 83.1 cm³/mol. The van der Waals surface area contributed by atoms with Gasteiger partial charge in [-0.3, -0.25) is 9.48 Å². The van der Waals surface area contributed by atoms with Gasteiger partial charge in [0.2, 0.25) is 5.91 Å². The lowest BCUT2D eigenvalue weighted by Gasteiger charge is -2.09. The lowest BCUT2D eigenvalue weighted by Crippen LogP contribution is -2.13. The molecule has 0 atom stereocenters. The number of aryl methyl sites for hydroxylation is 2. The average Bonchev–Trinajstić information content (AvgIpc) is 3.23. The van der Waals surface area contributed by atoms with Gasteiger partial charge in [-0.05, 0) is 38.0 Å². The summed E-state index contributed by atoms with van der Waals surface area (Å²) in [6, 6.07) is 7.83. The highest BCUT2D eigenvalue weighted by atomic mass is 16.2. The molecule has 0 radical (unpaired) electrons. The summed E-state index contributed by atoms with van der Waals surface area (Å²) < 4.78 is 1.82. The maximum atomic E-state index is 11.8. The Hall–Kier alpha value is -2.30. The van der Waals surface area contributed by atoms with Crippen molar-refractivity contribution in [3.63, 3.8) is 0 Å². The van der Waals surface area contributed by atoms with Gasteiger partial charge < -0.3 is 10.6 Å². The molecule has 5 nitrogen and oxygen atoms in total. The lowest BCUT2D eigenvalue weighted by atomic mass is 10.2. The standard InChI is InChI=1S/C16H20N4O/c1-11-13(10-20(2)19-11)9-17-14-4-3-5-15(8-14)18-16(21)12-6-7-12/h3-5,8,10,12,17H,6-7,9H2,1-2H3,(H,18,21). The Kier molecular flexibility index (Phi) is 3.64. The molecule has 21 heavy (non-hydrogen) atoms. The SMILES string of the molecule is Cc1nn(C)cc1CNc1cccc(NC(=O)C2CC2)c1. The Morgan fingerprint density at radius 2 is 2.14 bits per heavy atom. The summed E-state index contributed by atoms with van der Waals surface area (Å²) in [6.45, 7) is 2.73. The number of nitrogens with one attached hydrogen (secondary N) is 2. The number of carbonyl (C=O) groups excluding carboxylic acids is 1. The van der Waals surface area contributed by atoms with Crippen LogP contribution in [0.4, 0.5) is 11.4 Å². The van der Waals surface area contributed by atoms with Crippen LogP contribution in [0.15, 0.2) is 30.5 Å². The third-order valence-corrected chi connectivity index (χ3v) is 3.68. The first-order valence-electron chi connectivity index (χ1n) is 7.26. The second-order valence-corrected chi connectivity index (χ2v) is 5.61. The highest BCUT2D eigenvalue weighted by molar-refractivity contribution is 5.94. The van der Waals surface area contributed by atoms with E-state index in [0.717, 1.165) is 36.5 Å². The summed E-state index contributed by atoms with van der Waals surface area (Å²) in [4.78, 5) is 11.8. The first-order valence-corrected chi connectivity index (χ1v) is 7.26. The van der Waals surface area contributed by atoms with Crippen LogP contribution in [0, 0.1) is 12.8 Å². The smallest absolute Gasteiger partial charge is 0.227 e. The molecule has 5 heteroatoms. The molecule has 1 saturated carbocycles. The van der Waals surface area contributed by atoms with Crippen LogP contribution < -0.4 is 10.6 Å². The second-order valence-electron chi connectivity index (χ2n) is 5.61. The molecule has 1 aliphatic rings. The van der Waals surface area contributed by atoms with Gasteiger partial charge in [0.05, 0.1) is 5.69 Å². The van der Waals surface area contributed by atoms with Crippen LogP contribution >= 0.6 is 0 Å². The summed E-state index contributed by atoms with van der Waals surface area (Å²) in [5.74, 6) is 0.356. The van der Waals surface area contributed by atoms with E-state index < -0.39 is 0 Å². The molecule has 0 saturated heterocycles. The molecule has 3 rings (SSSR count). The van der Waals surface area contributed by atoms with Gasteiger partial charge in [0.15, 0.2) is 0 Å². The first-order chi connectivity index (χ1) is 10.1. The van der Waals surface area contributed by atoms with Crippen LogP contribution in [0.2, 0.25) is 0 Å². The van der Waals surface area contributed by atoms with E-state index in [2.05, 4.69) is 15.7 Å². The van der Waals surface area contributed by atoms with Gasteiger partial charge in [-0.2, -0.15) is 5.10 Å². The van der Waals surface area contributed by atoms with Crippen molar-refractivity contribution < 1.29 is 4.79 Å². The zero-order valence-electron chi connectivity index (χ0n) is 12.4. The van der Waals surface area contributed by atoms with E-state index in [9.17, 15) is 4.79 Å². The molecular formula is C16H20N4O. The van der Waals surface area contributed by atoms with Crippen molar-refractivity contribution in [3.8, 4) is 0 Å². The van der Waals surface area contributed by atoms with Gasteiger partial charge in [-0.15, -0.1) is 0 Å². The Morgan fingerprint density at radius 3 is 2.81 bits per heavy atom. The van der Waals surface area contributed by atoms with Crippen LogP contribution in [0.25, 0.3) is 0 Å². The van der Waals surface area contributed by atoms with E-state index in [4.69, 9.17) is 0 Å². The van der Waals surface area contributed by atoms with Crippen LogP contribution in [0.1, 0.15) is 24.1 Å². The number of rotatable bonds is 5. The van der Waals surface area contributed by atoms with E-state index in [1.54, 1.807) is 0 Å². The zero-order valence-corrected chi connectivity index (χ0v) is 12.4. The molecule has 0 unspecified atom stereocenters. The summed E-state index contributed by atoms with van der Waals surface area (Å²) in [7, 11) is 1.92. The minimum absolute atomic E-state index is 0.134. The molecule has 110 valence electrons. The quantitative estimate of drug-likeness (QED) is 0.887. The van der Waals surface area contributed by atoms with Crippen LogP contribution in [-0.4, -0.2) is 15.7 Å². The van der Waals surface area contributed by atoms with Crippen LogP contribution in [-0.2, 0) is 18.4 Å². The Labute approximate surface area is 124 Å². The van der Waals surface area contributed by atoms with Gasteiger partial charge in [0.25, 0.3) is 0 Å². The number of benzene rings is 1. The number of carbonyl (C=O) groups is 1. The largest absolute Gasteiger partial charge is 0.381 e. The van der Waals surface area contributed by atoms with Crippen molar-refractivity contribution >= 4 is 17.3 Å². The third kappa shape index (κ3) is 3.42. The lowest BCUT2D eigenvalue weighted by molar-refractivity contribution is -0.117. The molecular weight excluding hydrogens is 264 g/mol. The number of hydrogen-bond acceptors (Lipinski definition) is 3. The zero-order chi connectivity index (χ0) is 14.8. The Morgan fingerprint density at radius 1 is 1.38 bits per heavy atom. The molecule has 1 aromatic carbocycles. The van der Waals surface area contributed by atoms with Gasteiger partial charge in [-0.1, -0.05) is 6.07 Å². The minimum atomic E-state index is 0.134. The van der Waals surface area contributed by atoms with Crippen molar-refractivity contribution in [2.45, 2.75) is 26.3 Å². The maximum absolute atomic E-state index is 11.8. The third-order valence-electron chi connectivity index (χ3n) is 3.68. The summed E-state index contributed by atoms with van der Waals surface area (Å²) in [6.07, 6.45) is 4.05. The number of anilines is 2. The second kappa shape index (κ2) is 5.60. The van der Waals surface area contributed by atoms with Gasteiger partial charge >= 0.3 is 0 Å².